The fraction of sp³-hybridized carbons (Fsp3) is 0.778. The van der Waals surface area contributed by atoms with Crippen molar-refractivity contribution >= 4 is 8.32 Å². The maximum absolute atomic E-state index is 10.8. The predicted molar refractivity (Wildman–Crippen MR) is 53.4 cm³/mol. The molecule has 0 amide bonds. The SMILES string of the molecule is CO/C([O-])=C/O[Si](C)(C)C(C)(C)C.[Li+]. The molecule has 0 fully saturated rings. The quantitative estimate of drug-likeness (QED) is 0.435. The van der Waals surface area contributed by atoms with Gasteiger partial charge in [0.05, 0.1) is 12.2 Å². The average molecular weight is 210 g/mol. The van der Waals surface area contributed by atoms with Crippen LogP contribution in [0.3, 0.4) is 0 Å². The molecule has 0 N–H and O–H groups in total. The van der Waals surface area contributed by atoms with Crippen LogP contribution in [0.5, 0.6) is 0 Å². The van der Waals surface area contributed by atoms with Gasteiger partial charge < -0.3 is 14.3 Å². The summed E-state index contributed by atoms with van der Waals surface area (Å²) in [5.74, 6) is -0.426. The molecule has 0 unspecified atom stereocenters. The van der Waals surface area contributed by atoms with Crippen molar-refractivity contribution < 1.29 is 33.1 Å². The van der Waals surface area contributed by atoms with Crippen molar-refractivity contribution in [2.45, 2.75) is 38.9 Å². The molecule has 5 heteroatoms. The van der Waals surface area contributed by atoms with Gasteiger partial charge in [-0.2, -0.15) is 0 Å². The van der Waals surface area contributed by atoms with Crippen LogP contribution in [0.1, 0.15) is 20.8 Å². The summed E-state index contributed by atoms with van der Waals surface area (Å²) in [4.78, 5) is 0. The second kappa shape index (κ2) is 5.74. The molecule has 0 aromatic carbocycles. The maximum atomic E-state index is 10.8. The minimum absolute atomic E-state index is 0. The van der Waals surface area contributed by atoms with Crippen LogP contribution in [0.2, 0.25) is 18.1 Å². The number of hydrogen-bond acceptors (Lipinski definition) is 3. The van der Waals surface area contributed by atoms with E-state index in [1.807, 2.05) is 0 Å². The van der Waals surface area contributed by atoms with Crippen LogP contribution in [0.4, 0.5) is 0 Å². The Bertz CT molecular complexity index is 197. The van der Waals surface area contributed by atoms with Gasteiger partial charge in [-0.05, 0) is 25.2 Å². The van der Waals surface area contributed by atoms with E-state index in [2.05, 4.69) is 38.6 Å². The van der Waals surface area contributed by atoms with Crippen molar-refractivity contribution in [3.63, 3.8) is 0 Å². The molecule has 0 aliphatic heterocycles. The number of hydrogen-bond donors (Lipinski definition) is 0. The summed E-state index contributed by atoms with van der Waals surface area (Å²) >= 11 is 0. The van der Waals surface area contributed by atoms with E-state index in [1.54, 1.807) is 0 Å². The van der Waals surface area contributed by atoms with E-state index in [4.69, 9.17) is 4.43 Å². The van der Waals surface area contributed by atoms with Crippen molar-refractivity contribution in [2.75, 3.05) is 7.11 Å². The fourth-order valence-corrected chi connectivity index (χ4v) is 1.16. The van der Waals surface area contributed by atoms with Crippen LogP contribution in [-0.2, 0) is 9.16 Å². The van der Waals surface area contributed by atoms with Crippen molar-refractivity contribution in [3.05, 3.63) is 12.2 Å². The molecular formula is C9H19LiO3Si. The fourth-order valence-electron chi connectivity index (χ4n) is 0.420. The number of methoxy groups -OCH3 is 1. The van der Waals surface area contributed by atoms with E-state index < -0.39 is 14.3 Å². The van der Waals surface area contributed by atoms with Gasteiger partial charge in [-0.15, -0.1) is 0 Å². The molecule has 0 spiro atoms. The first-order valence-electron chi connectivity index (χ1n) is 4.29. The second-order valence-electron chi connectivity index (χ2n) is 4.52. The van der Waals surface area contributed by atoms with E-state index in [1.165, 1.54) is 13.4 Å². The maximum Gasteiger partial charge on any atom is 1.00 e. The van der Waals surface area contributed by atoms with Crippen molar-refractivity contribution in [1.29, 1.82) is 0 Å². The molecule has 0 saturated carbocycles. The van der Waals surface area contributed by atoms with Crippen molar-refractivity contribution in [2.24, 2.45) is 0 Å². The molecule has 78 valence electrons. The first-order valence-corrected chi connectivity index (χ1v) is 7.20. The Morgan fingerprint density at radius 2 is 1.71 bits per heavy atom. The largest absolute Gasteiger partial charge is 1.00 e. The van der Waals surface area contributed by atoms with Gasteiger partial charge in [-0.1, -0.05) is 20.8 Å². The first kappa shape index (κ1) is 16.4. The Kier molecular flexibility index (Phi) is 6.72. The van der Waals surface area contributed by atoms with Crippen LogP contribution in [0, 0.1) is 0 Å². The molecule has 0 saturated heterocycles. The van der Waals surface area contributed by atoms with E-state index in [0.717, 1.165) is 0 Å². The Morgan fingerprint density at radius 3 is 2.00 bits per heavy atom. The van der Waals surface area contributed by atoms with Gasteiger partial charge in [0.25, 0.3) is 0 Å². The summed E-state index contributed by atoms with van der Waals surface area (Å²) in [7, 11) is -0.499. The summed E-state index contributed by atoms with van der Waals surface area (Å²) in [5.41, 5.74) is 0. The molecule has 0 aliphatic carbocycles. The summed E-state index contributed by atoms with van der Waals surface area (Å²) in [6.07, 6.45) is 1.18. The molecular weight excluding hydrogens is 191 g/mol. The normalized spacial score (nSPS) is 13.1. The molecule has 0 atom stereocenters. The summed E-state index contributed by atoms with van der Waals surface area (Å²) in [6.45, 7) is 10.5. The molecule has 3 nitrogen and oxygen atoms in total. The van der Waals surface area contributed by atoms with Gasteiger partial charge in [0.15, 0.2) is 0 Å². The summed E-state index contributed by atoms with van der Waals surface area (Å²) < 4.78 is 9.95. The van der Waals surface area contributed by atoms with E-state index in [9.17, 15) is 5.11 Å². The topological polar surface area (TPSA) is 41.5 Å². The molecule has 14 heavy (non-hydrogen) atoms. The monoisotopic (exact) mass is 210 g/mol. The average Bonchev–Trinajstić information content (AvgIpc) is 1.98. The second-order valence-corrected chi connectivity index (χ2v) is 9.28. The molecule has 0 heterocycles. The summed E-state index contributed by atoms with van der Waals surface area (Å²) in [5, 5.41) is 10.9. The minimum Gasteiger partial charge on any atom is -0.615 e. The van der Waals surface area contributed by atoms with Gasteiger partial charge in [-0.3, -0.25) is 0 Å². The zero-order valence-corrected chi connectivity index (χ0v) is 11.3. The van der Waals surface area contributed by atoms with Crippen LogP contribution < -0.4 is 24.0 Å². The molecule has 0 radical (unpaired) electrons. The molecule has 0 aromatic rings. The van der Waals surface area contributed by atoms with Gasteiger partial charge in [0.2, 0.25) is 8.32 Å². The Morgan fingerprint density at radius 1 is 1.29 bits per heavy atom. The number of ether oxygens (including phenoxy) is 1. The van der Waals surface area contributed by atoms with Crippen LogP contribution in [0.15, 0.2) is 12.2 Å². The molecule has 0 aromatic heterocycles. The Hall–Kier alpha value is -0.0457. The van der Waals surface area contributed by atoms with Crippen LogP contribution >= 0.6 is 0 Å². The van der Waals surface area contributed by atoms with Gasteiger partial charge in [0.1, 0.15) is 0 Å². The smallest absolute Gasteiger partial charge is 0.615 e. The van der Waals surface area contributed by atoms with E-state index >= 15 is 0 Å². The Balaban J connectivity index is 0. The van der Waals surface area contributed by atoms with E-state index in [-0.39, 0.29) is 23.9 Å². The standard InChI is InChI=1S/C9H20O3Si.Li/c1-9(2,3)13(5,6)12-7-8(10)11-4;/h7,10H,1-6H3;/q;+1/p-1/b8-7+;. The van der Waals surface area contributed by atoms with Crippen molar-refractivity contribution in [3.8, 4) is 0 Å². The van der Waals surface area contributed by atoms with E-state index in [0.29, 0.717) is 0 Å². The predicted octanol–water partition coefficient (Wildman–Crippen LogP) is -1.18. The molecule has 0 bridgehead atoms. The van der Waals surface area contributed by atoms with Crippen LogP contribution in [-0.4, -0.2) is 15.4 Å². The van der Waals surface area contributed by atoms with Crippen LogP contribution in [0.25, 0.3) is 0 Å². The zero-order valence-electron chi connectivity index (χ0n) is 10.3. The van der Waals surface area contributed by atoms with Gasteiger partial charge in [0, 0.05) is 0 Å². The zero-order chi connectivity index (χ0) is 10.7. The van der Waals surface area contributed by atoms with Crippen molar-refractivity contribution in [1.82, 2.24) is 0 Å². The number of rotatable bonds is 3. The third-order valence-corrected chi connectivity index (χ3v) is 6.78. The van der Waals surface area contributed by atoms with Gasteiger partial charge in [-0.25, -0.2) is 0 Å². The molecule has 0 rings (SSSR count). The Labute approximate surface area is 99.8 Å². The third-order valence-electron chi connectivity index (χ3n) is 2.46. The minimum atomic E-state index is -1.84. The van der Waals surface area contributed by atoms with Gasteiger partial charge >= 0.3 is 18.9 Å². The summed E-state index contributed by atoms with van der Waals surface area (Å²) in [6, 6.07) is 0. The molecule has 0 aliphatic rings. The third kappa shape index (κ3) is 4.99. The first-order chi connectivity index (χ1) is 5.70.